The highest BCUT2D eigenvalue weighted by atomic mass is 16.1. The van der Waals surface area contributed by atoms with E-state index in [1.807, 2.05) is 12.1 Å². The van der Waals surface area contributed by atoms with E-state index in [-0.39, 0.29) is 5.78 Å². The molecule has 0 heterocycles. The first-order chi connectivity index (χ1) is 14.3. The molecule has 1 N–H and O–H groups in total. The van der Waals surface area contributed by atoms with Crippen molar-refractivity contribution >= 4 is 11.5 Å². The maximum atomic E-state index is 11.0. The lowest BCUT2D eigenvalue weighted by Crippen LogP contribution is -2.01. The molecule has 0 fully saturated rings. The van der Waals surface area contributed by atoms with E-state index in [9.17, 15) is 4.79 Å². The summed E-state index contributed by atoms with van der Waals surface area (Å²) in [6, 6.07) is 9.88. The van der Waals surface area contributed by atoms with E-state index in [1.54, 1.807) is 6.07 Å². The van der Waals surface area contributed by atoms with Crippen LogP contribution in [0.25, 0.3) is 0 Å². The van der Waals surface area contributed by atoms with Gasteiger partial charge in [0, 0.05) is 18.7 Å². The van der Waals surface area contributed by atoms with E-state index in [1.165, 1.54) is 89.9 Å². The van der Waals surface area contributed by atoms with Crippen molar-refractivity contribution in [3.8, 4) is 6.07 Å². The number of unbranched alkanes of at least 4 members (excludes halogenated alkanes) is 13. The first-order valence-corrected chi connectivity index (χ1v) is 12.0. The number of nitrogens with zero attached hydrogens (tertiary/aromatic N) is 1. The minimum Gasteiger partial charge on any atom is -0.385 e. The summed E-state index contributed by atoms with van der Waals surface area (Å²) in [6.07, 6.45) is 20.4. The van der Waals surface area contributed by atoms with Crippen LogP contribution in [-0.2, 0) is 11.2 Å². The van der Waals surface area contributed by atoms with E-state index in [0.717, 1.165) is 17.8 Å². The van der Waals surface area contributed by atoms with E-state index in [4.69, 9.17) is 5.26 Å². The number of benzene rings is 1. The first kappa shape index (κ1) is 25.2. The molecule has 0 aliphatic carbocycles. The molecule has 0 saturated heterocycles. The first-order valence-electron chi connectivity index (χ1n) is 12.0. The van der Waals surface area contributed by atoms with Gasteiger partial charge in [0.25, 0.3) is 0 Å². The molecule has 1 aromatic carbocycles. The summed E-state index contributed by atoms with van der Waals surface area (Å²) in [7, 11) is 0. The average Bonchev–Trinajstić information content (AvgIpc) is 2.75. The van der Waals surface area contributed by atoms with Gasteiger partial charge in [-0.3, -0.25) is 4.79 Å². The van der Waals surface area contributed by atoms with Gasteiger partial charge in [-0.1, -0.05) is 103 Å². The zero-order chi connectivity index (χ0) is 21.0. The number of rotatable bonds is 19. The predicted octanol–water partition coefficient (Wildman–Crippen LogP) is 7.61. The molecular weight excluding hydrogens is 356 g/mol. The second kappa shape index (κ2) is 18.2. The Labute approximate surface area is 179 Å². The van der Waals surface area contributed by atoms with Crippen molar-refractivity contribution in [2.75, 3.05) is 11.9 Å². The Morgan fingerprint density at radius 2 is 1.28 bits per heavy atom. The lowest BCUT2D eigenvalue weighted by molar-refractivity contribution is -0.113. The second-order valence-corrected chi connectivity index (χ2v) is 8.25. The maximum absolute atomic E-state index is 11.0. The van der Waals surface area contributed by atoms with Crippen LogP contribution >= 0.6 is 0 Å². The van der Waals surface area contributed by atoms with Crippen LogP contribution in [0.3, 0.4) is 0 Å². The summed E-state index contributed by atoms with van der Waals surface area (Å²) in [5.41, 5.74) is 2.24. The molecule has 0 radical (unpaired) electrons. The summed E-state index contributed by atoms with van der Waals surface area (Å²) in [5, 5.41) is 12.0. The van der Waals surface area contributed by atoms with Gasteiger partial charge >= 0.3 is 0 Å². The van der Waals surface area contributed by atoms with Crippen molar-refractivity contribution in [2.24, 2.45) is 0 Å². The van der Waals surface area contributed by atoms with Gasteiger partial charge in [-0.2, -0.15) is 5.26 Å². The van der Waals surface area contributed by atoms with Gasteiger partial charge < -0.3 is 5.32 Å². The van der Waals surface area contributed by atoms with Crippen LogP contribution < -0.4 is 5.32 Å². The smallest absolute Gasteiger partial charge is 0.232 e. The quantitative estimate of drug-likeness (QED) is 0.193. The van der Waals surface area contributed by atoms with Crippen LogP contribution in [0.2, 0.25) is 0 Å². The number of carbonyl (C=O) groups excluding carboxylic acids is 1. The molecule has 0 saturated carbocycles. The second-order valence-electron chi connectivity index (χ2n) is 8.25. The summed E-state index contributed by atoms with van der Waals surface area (Å²) in [6.45, 7) is 3.30. The zero-order valence-electron chi connectivity index (χ0n) is 18.7. The number of nitriles is 1. The highest BCUT2D eigenvalue weighted by Crippen LogP contribution is 2.14. The molecule has 0 aliphatic rings. The molecule has 0 aliphatic heterocycles. The molecule has 0 unspecified atom stereocenters. The molecule has 0 bridgehead atoms. The topological polar surface area (TPSA) is 52.9 Å². The third-order valence-corrected chi connectivity index (χ3v) is 5.58. The van der Waals surface area contributed by atoms with E-state index >= 15 is 0 Å². The fourth-order valence-electron chi connectivity index (χ4n) is 3.66. The van der Waals surface area contributed by atoms with Crippen molar-refractivity contribution in [3.63, 3.8) is 0 Å². The fourth-order valence-corrected chi connectivity index (χ4v) is 3.66. The summed E-state index contributed by atoms with van der Waals surface area (Å²) < 4.78 is 0. The van der Waals surface area contributed by atoms with Crippen molar-refractivity contribution in [2.45, 2.75) is 110 Å². The van der Waals surface area contributed by atoms with Crippen LogP contribution in [0, 0.1) is 11.3 Å². The summed E-state index contributed by atoms with van der Waals surface area (Å²) >= 11 is 0. The van der Waals surface area contributed by atoms with Gasteiger partial charge in [-0.25, -0.2) is 0 Å². The highest BCUT2D eigenvalue weighted by molar-refractivity contribution is 5.93. The number of carbonyl (C=O) groups is 1. The number of anilines is 1. The maximum Gasteiger partial charge on any atom is 0.232 e. The molecule has 1 aromatic rings. The number of hydrogen-bond donors (Lipinski definition) is 1. The number of nitrogens with one attached hydrogen (secondary N) is 1. The lowest BCUT2D eigenvalue weighted by atomic mass is 10.0. The molecule has 29 heavy (non-hydrogen) atoms. The predicted molar refractivity (Wildman–Crippen MR) is 124 cm³/mol. The molecule has 0 spiro atoms. The van der Waals surface area contributed by atoms with Gasteiger partial charge in [-0.15, -0.1) is 0 Å². The van der Waals surface area contributed by atoms with Crippen LogP contribution in [0.15, 0.2) is 24.3 Å². The summed E-state index contributed by atoms with van der Waals surface area (Å²) in [5.74, 6) is -0.343. The van der Waals surface area contributed by atoms with Crippen LogP contribution in [-0.4, -0.2) is 12.3 Å². The largest absolute Gasteiger partial charge is 0.385 e. The van der Waals surface area contributed by atoms with Gasteiger partial charge in [0.15, 0.2) is 0 Å². The number of hydrogen-bond acceptors (Lipinski definition) is 3. The van der Waals surface area contributed by atoms with Crippen molar-refractivity contribution in [3.05, 3.63) is 29.8 Å². The Balaban J connectivity index is 1.88. The van der Waals surface area contributed by atoms with Gasteiger partial charge in [0.1, 0.15) is 6.07 Å². The van der Waals surface area contributed by atoms with Crippen molar-refractivity contribution in [1.29, 1.82) is 5.26 Å². The zero-order valence-corrected chi connectivity index (χ0v) is 18.7. The van der Waals surface area contributed by atoms with Gasteiger partial charge in [-0.05, 0) is 30.5 Å². The number of Topliss-reactive ketones (excluding diaryl/α,β-unsaturated/α-hetero) is 1. The standard InChI is InChI=1S/C26H42N2O/c1-2-3-4-5-6-7-8-9-10-11-12-13-14-15-22-28-25-19-16-24(17-20-25)18-21-26(29)23-27/h16-17,19-20,28H,2-15,18,21-22H2,1H3. The molecular formula is C26H42N2O. The Kier molecular flexibility index (Phi) is 15.8. The van der Waals surface area contributed by atoms with E-state index in [2.05, 4.69) is 24.4 Å². The Bertz CT molecular complexity index is 559. The lowest BCUT2D eigenvalue weighted by Gasteiger charge is -2.07. The minimum absolute atomic E-state index is 0.308. The summed E-state index contributed by atoms with van der Waals surface area (Å²) in [4.78, 5) is 11.0. The van der Waals surface area contributed by atoms with Crippen molar-refractivity contribution < 1.29 is 4.79 Å². The number of ketones is 1. The van der Waals surface area contributed by atoms with E-state index < -0.39 is 0 Å². The Morgan fingerprint density at radius 3 is 1.76 bits per heavy atom. The highest BCUT2D eigenvalue weighted by Gasteiger charge is 2.01. The van der Waals surface area contributed by atoms with Crippen LogP contribution in [0.5, 0.6) is 0 Å². The molecule has 0 aromatic heterocycles. The van der Waals surface area contributed by atoms with Gasteiger partial charge in [0.05, 0.1) is 0 Å². The Hall–Kier alpha value is -1.82. The van der Waals surface area contributed by atoms with Crippen molar-refractivity contribution in [1.82, 2.24) is 0 Å². The van der Waals surface area contributed by atoms with E-state index in [0.29, 0.717) is 12.8 Å². The SMILES string of the molecule is CCCCCCCCCCCCCCCCNc1ccc(CCC(=O)C#N)cc1. The molecule has 3 heteroatoms. The normalized spacial score (nSPS) is 10.6. The fraction of sp³-hybridized carbons (Fsp3) is 0.692. The van der Waals surface area contributed by atoms with Crippen LogP contribution in [0.4, 0.5) is 5.69 Å². The number of aryl methyl sites for hydroxylation is 1. The minimum atomic E-state index is -0.343. The molecule has 1 rings (SSSR count). The molecule has 0 atom stereocenters. The monoisotopic (exact) mass is 398 g/mol. The third kappa shape index (κ3) is 14.8. The average molecular weight is 399 g/mol. The molecule has 3 nitrogen and oxygen atoms in total. The van der Waals surface area contributed by atoms with Gasteiger partial charge in [0.2, 0.25) is 5.78 Å². The Morgan fingerprint density at radius 1 is 0.793 bits per heavy atom. The molecule has 162 valence electrons. The molecule has 0 amide bonds. The third-order valence-electron chi connectivity index (χ3n) is 5.58. The van der Waals surface area contributed by atoms with Crippen LogP contribution in [0.1, 0.15) is 109 Å².